The summed E-state index contributed by atoms with van der Waals surface area (Å²) >= 11 is 5.30. The van der Waals surface area contributed by atoms with Crippen LogP contribution >= 0.6 is 12.2 Å². The van der Waals surface area contributed by atoms with Crippen LogP contribution in [0.2, 0.25) is 0 Å². The number of anilines is 3. The van der Waals surface area contributed by atoms with Crippen LogP contribution in [-0.4, -0.2) is 48.2 Å². The van der Waals surface area contributed by atoms with Crippen molar-refractivity contribution in [3.8, 4) is 0 Å². The lowest BCUT2D eigenvalue weighted by Crippen LogP contribution is -2.39. The Hall–Kier alpha value is -4.81. The second-order valence-corrected chi connectivity index (χ2v) is 9.05. The van der Waals surface area contributed by atoms with Crippen LogP contribution < -0.4 is 20.9 Å². The minimum absolute atomic E-state index is 0.0125. The Kier molecular flexibility index (Phi) is 7.48. The number of fused-ring (bicyclic) bond motifs is 1. The van der Waals surface area contributed by atoms with Crippen LogP contribution in [0.3, 0.4) is 0 Å². The normalized spacial score (nSPS) is 13.1. The van der Waals surface area contributed by atoms with Gasteiger partial charge in [0.1, 0.15) is 5.58 Å². The summed E-state index contributed by atoms with van der Waals surface area (Å²) in [5, 5.41) is 20.4. The minimum Gasteiger partial charge on any atom is -0.451 e. The molecule has 1 aliphatic rings. The second kappa shape index (κ2) is 11.3. The van der Waals surface area contributed by atoms with E-state index in [9.17, 15) is 19.7 Å². The van der Waals surface area contributed by atoms with Crippen molar-refractivity contribution in [3.05, 3.63) is 94.2 Å². The summed E-state index contributed by atoms with van der Waals surface area (Å²) in [6.07, 6.45) is 0. The van der Waals surface area contributed by atoms with Gasteiger partial charge in [0.05, 0.1) is 29.4 Å². The number of nitro groups is 1. The molecule has 3 aromatic carbocycles. The van der Waals surface area contributed by atoms with Crippen LogP contribution in [0.5, 0.6) is 0 Å². The van der Waals surface area contributed by atoms with Gasteiger partial charge in [-0.05, 0) is 54.7 Å². The zero-order valence-corrected chi connectivity index (χ0v) is 21.3. The highest BCUT2D eigenvalue weighted by atomic mass is 32.1. The molecule has 5 rings (SSSR count). The van der Waals surface area contributed by atoms with E-state index >= 15 is 0 Å². The van der Waals surface area contributed by atoms with Crippen LogP contribution in [0, 0.1) is 10.1 Å². The molecule has 1 saturated heterocycles. The third-order valence-electron chi connectivity index (χ3n) is 6.06. The lowest BCUT2D eigenvalue weighted by atomic mass is 10.1. The van der Waals surface area contributed by atoms with Crippen molar-refractivity contribution in [1.29, 1.82) is 0 Å². The van der Waals surface area contributed by atoms with Crippen molar-refractivity contribution in [2.24, 2.45) is 0 Å². The SMILES string of the molecule is O=C(Nc1ccc(NC(=S)NC(=O)c2cc([N+](=O)[O-])ccc2N2CCOCC2)cc1)c1cc2ccccc2o1. The first kappa shape index (κ1) is 25.8. The standard InChI is InChI=1S/C27H23N5O6S/c33-25(21-16-20(32(35)36)9-10-22(21)31-11-13-37-14-12-31)30-27(39)29-19-7-5-18(6-8-19)28-26(34)24-15-17-3-1-2-4-23(17)38-24/h1-10,15-16H,11-14H2,(H,28,34)(H2,29,30,33,39). The number of furan rings is 1. The predicted octanol–water partition coefficient (Wildman–Crippen LogP) is 4.56. The van der Waals surface area contributed by atoms with Crippen LogP contribution in [0.25, 0.3) is 11.0 Å². The van der Waals surface area contributed by atoms with E-state index < -0.39 is 10.8 Å². The molecule has 0 unspecified atom stereocenters. The largest absolute Gasteiger partial charge is 0.451 e. The molecule has 39 heavy (non-hydrogen) atoms. The number of nitrogens with zero attached hydrogens (tertiary/aromatic N) is 2. The number of carbonyl (C=O) groups is 2. The number of non-ortho nitro benzene ring substituents is 1. The summed E-state index contributed by atoms with van der Waals surface area (Å²) in [4.78, 5) is 38.4. The number of nitrogens with one attached hydrogen (secondary N) is 3. The van der Waals surface area contributed by atoms with Gasteiger partial charge in [-0.25, -0.2) is 0 Å². The molecule has 0 aliphatic carbocycles. The molecule has 11 nitrogen and oxygen atoms in total. The quantitative estimate of drug-likeness (QED) is 0.181. The van der Waals surface area contributed by atoms with Crippen LogP contribution in [0.4, 0.5) is 22.7 Å². The average Bonchev–Trinajstić information content (AvgIpc) is 3.39. The number of hydrogen-bond donors (Lipinski definition) is 3. The van der Waals surface area contributed by atoms with Crippen molar-refractivity contribution >= 4 is 62.9 Å². The number of nitro benzene ring substituents is 1. The molecule has 2 heterocycles. The lowest BCUT2D eigenvalue weighted by molar-refractivity contribution is -0.384. The third-order valence-corrected chi connectivity index (χ3v) is 6.27. The van der Waals surface area contributed by atoms with Gasteiger partial charge < -0.3 is 24.7 Å². The number of hydrogen-bond acceptors (Lipinski definition) is 8. The van der Waals surface area contributed by atoms with Gasteiger partial charge in [-0.2, -0.15) is 0 Å². The number of ether oxygens (including phenoxy) is 1. The molecule has 0 atom stereocenters. The van der Waals surface area contributed by atoms with Crippen molar-refractivity contribution in [1.82, 2.24) is 5.32 Å². The number of rotatable bonds is 6. The van der Waals surface area contributed by atoms with Gasteiger partial charge in [-0.3, -0.25) is 25.0 Å². The Balaban J connectivity index is 1.22. The van der Waals surface area contributed by atoms with Gasteiger partial charge in [0.15, 0.2) is 10.9 Å². The van der Waals surface area contributed by atoms with Crippen molar-refractivity contribution in [3.63, 3.8) is 0 Å². The zero-order valence-electron chi connectivity index (χ0n) is 20.5. The summed E-state index contributed by atoms with van der Waals surface area (Å²) < 4.78 is 11.0. The molecule has 198 valence electrons. The van der Waals surface area contributed by atoms with E-state index in [2.05, 4.69) is 16.0 Å². The molecule has 0 radical (unpaired) electrons. The molecule has 3 N–H and O–H groups in total. The molecule has 0 spiro atoms. The molecule has 0 saturated carbocycles. The van der Waals surface area contributed by atoms with Gasteiger partial charge in [-0.1, -0.05) is 18.2 Å². The van der Waals surface area contributed by atoms with E-state index in [4.69, 9.17) is 21.4 Å². The Morgan fingerprint density at radius 1 is 0.897 bits per heavy atom. The van der Waals surface area contributed by atoms with Gasteiger partial charge >= 0.3 is 0 Å². The Labute approximate surface area is 227 Å². The van der Waals surface area contributed by atoms with E-state index in [1.54, 1.807) is 42.5 Å². The first-order valence-electron chi connectivity index (χ1n) is 12.0. The summed E-state index contributed by atoms with van der Waals surface area (Å²) in [5.41, 5.74) is 2.23. The Bertz CT molecular complexity index is 1530. The zero-order chi connectivity index (χ0) is 27.4. The highest BCUT2D eigenvalue weighted by Gasteiger charge is 2.23. The van der Waals surface area contributed by atoms with E-state index in [-0.39, 0.29) is 28.0 Å². The van der Waals surface area contributed by atoms with Crippen molar-refractivity contribution in [2.75, 3.05) is 41.8 Å². The number of carbonyl (C=O) groups excluding carboxylic acids is 2. The molecular formula is C27H23N5O6S. The first-order chi connectivity index (χ1) is 18.9. The molecule has 0 bridgehead atoms. The van der Waals surface area contributed by atoms with E-state index in [0.29, 0.717) is 48.9 Å². The number of benzene rings is 3. The number of morpholine rings is 1. The van der Waals surface area contributed by atoms with E-state index in [1.807, 2.05) is 23.1 Å². The molecule has 2 amide bonds. The highest BCUT2D eigenvalue weighted by Crippen LogP contribution is 2.27. The summed E-state index contributed by atoms with van der Waals surface area (Å²) in [5.74, 6) is -0.769. The predicted molar refractivity (Wildman–Crippen MR) is 150 cm³/mol. The molecule has 1 aromatic heterocycles. The van der Waals surface area contributed by atoms with Crippen molar-refractivity contribution < 1.29 is 23.7 Å². The minimum atomic E-state index is -0.576. The van der Waals surface area contributed by atoms with Gasteiger partial charge in [0.2, 0.25) is 0 Å². The molecule has 12 heteroatoms. The second-order valence-electron chi connectivity index (χ2n) is 8.65. The summed E-state index contributed by atoms with van der Waals surface area (Å²) in [6.45, 7) is 2.10. The Morgan fingerprint density at radius 3 is 2.28 bits per heavy atom. The number of para-hydroxylation sites is 1. The topological polar surface area (TPSA) is 139 Å². The monoisotopic (exact) mass is 545 g/mol. The summed E-state index contributed by atoms with van der Waals surface area (Å²) in [6, 6.07) is 19.9. The van der Waals surface area contributed by atoms with Crippen LogP contribution in [0.15, 0.2) is 77.2 Å². The van der Waals surface area contributed by atoms with Gasteiger partial charge in [0.25, 0.3) is 17.5 Å². The number of thiocarbonyl (C=S) groups is 1. The summed E-state index contributed by atoms with van der Waals surface area (Å²) in [7, 11) is 0. The fourth-order valence-electron chi connectivity index (χ4n) is 4.16. The van der Waals surface area contributed by atoms with E-state index in [1.165, 1.54) is 12.1 Å². The molecule has 1 aliphatic heterocycles. The Morgan fingerprint density at radius 2 is 1.59 bits per heavy atom. The van der Waals surface area contributed by atoms with Gasteiger partial charge in [0, 0.05) is 42.0 Å². The highest BCUT2D eigenvalue weighted by molar-refractivity contribution is 7.80. The van der Waals surface area contributed by atoms with Crippen LogP contribution in [0.1, 0.15) is 20.9 Å². The maximum absolute atomic E-state index is 13.1. The van der Waals surface area contributed by atoms with E-state index in [0.717, 1.165) is 5.39 Å². The maximum Gasteiger partial charge on any atom is 0.291 e. The van der Waals surface area contributed by atoms with Crippen LogP contribution in [-0.2, 0) is 4.74 Å². The fraction of sp³-hybridized carbons (Fsp3) is 0.148. The molecule has 4 aromatic rings. The smallest absolute Gasteiger partial charge is 0.291 e. The fourth-order valence-corrected chi connectivity index (χ4v) is 4.37. The molecular weight excluding hydrogens is 522 g/mol. The molecule has 1 fully saturated rings. The average molecular weight is 546 g/mol. The maximum atomic E-state index is 13.1. The number of amides is 2. The van der Waals surface area contributed by atoms with Crippen molar-refractivity contribution in [2.45, 2.75) is 0 Å². The van der Waals surface area contributed by atoms with Gasteiger partial charge in [-0.15, -0.1) is 0 Å². The lowest BCUT2D eigenvalue weighted by Gasteiger charge is -2.30. The first-order valence-corrected chi connectivity index (χ1v) is 12.4. The third kappa shape index (κ3) is 6.03.